The number of amides is 1. The quantitative estimate of drug-likeness (QED) is 0.630. The van der Waals surface area contributed by atoms with Gasteiger partial charge in [-0.05, 0) is 66.8 Å². The molecule has 0 radical (unpaired) electrons. The van der Waals surface area contributed by atoms with Crippen LogP contribution in [0.2, 0.25) is 0 Å². The fourth-order valence-electron chi connectivity index (χ4n) is 3.19. The van der Waals surface area contributed by atoms with E-state index in [9.17, 15) is 4.79 Å². The Balaban J connectivity index is 1.68. The zero-order valence-corrected chi connectivity index (χ0v) is 16.5. The normalized spacial score (nSPS) is 13.2. The summed E-state index contributed by atoms with van der Waals surface area (Å²) >= 11 is 0. The topological polar surface area (TPSA) is 38.3 Å². The molecule has 0 bridgehead atoms. The minimum atomic E-state index is -0.563. The second-order valence-corrected chi connectivity index (χ2v) is 7.08. The molecule has 1 N–H and O–H groups in total. The van der Waals surface area contributed by atoms with Crippen molar-refractivity contribution < 1.29 is 9.53 Å². The molecule has 27 heavy (non-hydrogen) atoms. The van der Waals surface area contributed by atoms with Crippen molar-refractivity contribution in [3.8, 4) is 5.75 Å². The highest BCUT2D eigenvalue weighted by Crippen LogP contribution is 2.23. The van der Waals surface area contributed by atoms with Gasteiger partial charge in [-0.25, -0.2) is 0 Å². The molecule has 1 amide bonds. The van der Waals surface area contributed by atoms with E-state index in [0.29, 0.717) is 5.75 Å². The van der Waals surface area contributed by atoms with E-state index in [2.05, 4.69) is 50.4 Å². The third-order valence-electron chi connectivity index (χ3n) is 5.06. The summed E-state index contributed by atoms with van der Waals surface area (Å²) in [5.74, 6) is 0.601. The number of fused-ring (bicyclic) bond motifs is 1. The van der Waals surface area contributed by atoms with Gasteiger partial charge in [-0.2, -0.15) is 0 Å². The van der Waals surface area contributed by atoms with Crippen LogP contribution in [0.15, 0.2) is 60.7 Å². The summed E-state index contributed by atoms with van der Waals surface area (Å²) in [4.78, 5) is 12.7. The molecular formula is C24H27NO2. The number of hydrogen-bond acceptors (Lipinski definition) is 2. The van der Waals surface area contributed by atoms with E-state index in [-0.39, 0.29) is 11.9 Å². The first-order chi connectivity index (χ1) is 13.0. The smallest absolute Gasteiger partial charge is 0.261 e. The molecule has 0 heterocycles. The second-order valence-electron chi connectivity index (χ2n) is 7.08. The number of rotatable bonds is 6. The van der Waals surface area contributed by atoms with Crippen LogP contribution in [0.3, 0.4) is 0 Å². The van der Waals surface area contributed by atoms with Gasteiger partial charge in [0.25, 0.3) is 5.91 Å². The van der Waals surface area contributed by atoms with Crippen LogP contribution in [0.5, 0.6) is 5.75 Å². The molecule has 140 valence electrons. The third-order valence-corrected chi connectivity index (χ3v) is 5.06. The third kappa shape index (κ3) is 4.48. The molecule has 0 aliphatic rings. The van der Waals surface area contributed by atoms with E-state index in [1.807, 2.05) is 36.4 Å². The van der Waals surface area contributed by atoms with Gasteiger partial charge < -0.3 is 10.1 Å². The maximum absolute atomic E-state index is 12.7. The van der Waals surface area contributed by atoms with E-state index in [1.54, 1.807) is 6.92 Å². The zero-order chi connectivity index (χ0) is 19.4. The first kappa shape index (κ1) is 19.0. The maximum Gasteiger partial charge on any atom is 0.261 e. The van der Waals surface area contributed by atoms with Gasteiger partial charge in [0.2, 0.25) is 0 Å². The van der Waals surface area contributed by atoms with E-state index in [4.69, 9.17) is 4.74 Å². The molecule has 0 saturated carbocycles. The number of aryl methyl sites for hydroxylation is 2. The summed E-state index contributed by atoms with van der Waals surface area (Å²) in [5.41, 5.74) is 3.63. The SMILES string of the molecule is CC[C@H](NC(=O)[C@@H](C)Oc1ccc2ccccc2c1)c1ccc(C)c(C)c1. The van der Waals surface area contributed by atoms with Gasteiger partial charge in [-0.3, -0.25) is 4.79 Å². The predicted octanol–water partition coefficient (Wildman–Crippen LogP) is 5.49. The fourth-order valence-corrected chi connectivity index (χ4v) is 3.19. The maximum atomic E-state index is 12.7. The number of benzene rings is 3. The van der Waals surface area contributed by atoms with Crippen LogP contribution >= 0.6 is 0 Å². The Hall–Kier alpha value is -2.81. The molecule has 0 aromatic heterocycles. The van der Waals surface area contributed by atoms with Crippen molar-refractivity contribution in [2.75, 3.05) is 0 Å². The van der Waals surface area contributed by atoms with Gasteiger partial charge in [0.15, 0.2) is 6.10 Å². The van der Waals surface area contributed by atoms with Gasteiger partial charge in [0.05, 0.1) is 6.04 Å². The molecule has 3 nitrogen and oxygen atoms in total. The zero-order valence-electron chi connectivity index (χ0n) is 16.5. The molecule has 0 spiro atoms. The lowest BCUT2D eigenvalue weighted by Crippen LogP contribution is -2.38. The lowest BCUT2D eigenvalue weighted by Gasteiger charge is -2.22. The van der Waals surface area contributed by atoms with Gasteiger partial charge in [-0.1, -0.05) is 55.5 Å². The lowest BCUT2D eigenvalue weighted by atomic mass is 9.99. The van der Waals surface area contributed by atoms with Crippen LogP contribution in [-0.4, -0.2) is 12.0 Å². The molecule has 0 unspecified atom stereocenters. The summed E-state index contributed by atoms with van der Waals surface area (Å²) in [6, 6.07) is 20.3. The molecule has 3 rings (SSSR count). The van der Waals surface area contributed by atoms with E-state index >= 15 is 0 Å². The minimum absolute atomic E-state index is 0.0144. The molecule has 3 aromatic rings. The Morgan fingerprint density at radius 1 is 0.963 bits per heavy atom. The summed E-state index contributed by atoms with van der Waals surface area (Å²) in [5, 5.41) is 5.38. The number of carbonyl (C=O) groups is 1. The highest BCUT2D eigenvalue weighted by Gasteiger charge is 2.19. The molecule has 0 fully saturated rings. The number of nitrogens with one attached hydrogen (secondary N) is 1. The van der Waals surface area contributed by atoms with Crippen molar-refractivity contribution in [3.05, 3.63) is 77.4 Å². The van der Waals surface area contributed by atoms with Gasteiger partial charge in [-0.15, -0.1) is 0 Å². The standard InChI is InChI=1S/C24H27NO2/c1-5-23(21-11-10-16(2)17(3)14-21)25-24(26)18(4)27-22-13-12-19-8-6-7-9-20(19)15-22/h6-15,18,23H,5H2,1-4H3,(H,25,26)/t18-,23+/m1/s1. The fraction of sp³-hybridized carbons (Fsp3) is 0.292. The predicted molar refractivity (Wildman–Crippen MR) is 111 cm³/mol. The van der Waals surface area contributed by atoms with E-state index in [1.165, 1.54) is 11.1 Å². The average molecular weight is 361 g/mol. The molecule has 3 heteroatoms. The molecule has 3 aromatic carbocycles. The molecule has 0 aliphatic carbocycles. The van der Waals surface area contributed by atoms with Gasteiger partial charge >= 0.3 is 0 Å². The largest absolute Gasteiger partial charge is 0.481 e. The Morgan fingerprint density at radius 3 is 2.41 bits per heavy atom. The van der Waals surface area contributed by atoms with Crippen molar-refractivity contribution in [1.82, 2.24) is 5.32 Å². The highest BCUT2D eigenvalue weighted by molar-refractivity contribution is 5.84. The van der Waals surface area contributed by atoms with Crippen molar-refractivity contribution in [2.45, 2.75) is 46.3 Å². The van der Waals surface area contributed by atoms with E-state index < -0.39 is 6.10 Å². The van der Waals surface area contributed by atoms with Crippen LogP contribution in [0, 0.1) is 13.8 Å². The summed E-state index contributed by atoms with van der Waals surface area (Å²) in [6.07, 6.45) is 0.267. The van der Waals surface area contributed by atoms with Crippen molar-refractivity contribution in [1.29, 1.82) is 0 Å². The summed E-state index contributed by atoms with van der Waals surface area (Å²) < 4.78 is 5.90. The van der Waals surface area contributed by atoms with Crippen LogP contribution < -0.4 is 10.1 Å². The number of ether oxygens (including phenoxy) is 1. The van der Waals surface area contributed by atoms with Crippen LogP contribution in [0.25, 0.3) is 10.8 Å². The summed E-state index contributed by atoms with van der Waals surface area (Å²) in [6.45, 7) is 8.06. The van der Waals surface area contributed by atoms with Crippen molar-refractivity contribution >= 4 is 16.7 Å². The highest BCUT2D eigenvalue weighted by atomic mass is 16.5. The molecule has 2 atom stereocenters. The monoisotopic (exact) mass is 361 g/mol. The molecule has 0 saturated heterocycles. The number of carbonyl (C=O) groups excluding carboxylic acids is 1. The Morgan fingerprint density at radius 2 is 1.70 bits per heavy atom. The van der Waals surface area contributed by atoms with Crippen molar-refractivity contribution in [2.24, 2.45) is 0 Å². The van der Waals surface area contributed by atoms with Gasteiger partial charge in [0.1, 0.15) is 5.75 Å². The Bertz CT molecular complexity index is 948. The lowest BCUT2D eigenvalue weighted by molar-refractivity contribution is -0.128. The van der Waals surface area contributed by atoms with Crippen LogP contribution in [-0.2, 0) is 4.79 Å². The van der Waals surface area contributed by atoms with Crippen LogP contribution in [0.4, 0.5) is 0 Å². The molecule has 0 aliphatic heterocycles. The van der Waals surface area contributed by atoms with Crippen molar-refractivity contribution in [3.63, 3.8) is 0 Å². The first-order valence-corrected chi connectivity index (χ1v) is 9.51. The average Bonchev–Trinajstić information content (AvgIpc) is 2.68. The van der Waals surface area contributed by atoms with Gasteiger partial charge in [0, 0.05) is 0 Å². The summed E-state index contributed by atoms with van der Waals surface area (Å²) in [7, 11) is 0. The second kappa shape index (κ2) is 8.26. The minimum Gasteiger partial charge on any atom is -0.481 e. The Kier molecular flexibility index (Phi) is 5.80. The van der Waals surface area contributed by atoms with Crippen LogP contribution in [0.1, 0.15) is 43.0 Å². The van der Waals surface area contributed by atoms with E-state index in [0.717, 1.165) is 22.8 Å². The number of hydrogen-bond donors (Lipinski definition) is 1. The first-order valence-electron chi connectivity index (χ1n) is 9.51. The Labute approximate surface area is 161 Å². The molecular weight excluding hydrogens is 334 g/mol.